The second-order valence-electron chi connectivity index (χ2n) is 6.84. The molecular weight excluding hydrogens is 300 g/mol. The maximum Gasteiger partial charge on any atom is 0.253 e. The summed E-state index contributed by atoms with van der Waals surface area (Å²) in [6.45, 7) is 3.48. The summed E-state index contributed by atoms with van der Waals surface area (Å²) in [6, 6.07) is 7.69. The van der Waals surface area contributed by atoms with E-state index in [0.717, 1.165) is 43.5 Å². The molecule has 2 fully saturated rings. The van der Waals surface area contributed by atoms with Crippen LogP contribution < -0.4 is 4.72 Å². The van der Waals surface area contributed by atoms with Crippen LogP contribution in [-0.2, 0) is 10.0 Å². The van der Waals surface area contributed by atoms with Crippen molar-refractivity contribution in [3.8, 4) is 0 Å². The number of likely N-dealkylation sites (tertiary alicyclic amines) is 1. The molecule has 2 aliphatic rings. The number of amides is 1. The summed E-state index contributed by atoms with van der Waals surface area (Å²) in [4.78, 5) is 14.5. The van der Waals surface area contributed by atoms with Crippen molar-refractivity contribution >= 4 is 15.9 Å². The summed E-state index contributed by atoms with van der Waals surface area (Å²) in [5, 5.41) is 0. The zero-order valence-electron chi connectivity index (χ0n) is 13.0. The Kier molecular flexibility index (Phi) is 3.77. The quantitative estimate of drug-likeness (QED) is 0.918. The molecule has 120 valence electrons. The molecule has 3 rings (SSSR count). The van der Waals surface area contributed by atoms with Crippen LogP contribution in [0.15, 0.2) is 24.3 Å². The Morgan fingerprint density at radius 1 is 1.36 bits per heavy atom. The summed E-state index contributed by atoms with van der Waals surface area (Å²) in [5.41, 5.74) is 1.94. The molecule has 1 spiro atoms. The van der Waals surface area contributed by atoms with Crippen LogP contribution in [0.5, 0.6) is 0 Å². The van der Waals surface area contributed by atoms with E-state index < -0.39 is 10.0 Å². The van der Waals surface area contributed by atoms with Crippen molar-refractivity contribution in [3.05, 3.63) is 35.4 Å². The van der Waals surface area contributed by atoms with Gasteiger partial charge in [-0.05, 0) is 43.7 Å². The van der Waals surface area contributed by atoms with Crippen molar-refractivity contribution in [2.75, 3.05) is 19.3 Å². The highest BCUT2D eigenvalue weighted by atomic mass is 32.2. The fourth-order valence-electron chi connectivity index (χ4n) is 3.77. The average Bonchev–Trinajstić information content (AvgIpc) is 2.81. The van der Waals surface area contributed by atoms with Crippen LogP contribution >= 0.6 is 0 Å². The van der Waals surface area contributed by atoms with E-state index in [-0.39, 0.29) is 17.4 Å². The van der Waals surface area contributed by atoms with Gasteiger partial charge in [0.25, 0.3) is 5.91 Å². The molecule has 22 heavy (non-hydrogen) atoms. The van der Waals surface area contributed by atoms with Gasteiger partial charge in [-0.2, -0.15) is 0 Å². The molecule has 6 heteroatoms. The third-order valence-corrected chi connectivity index (χ3v) is 5.49. The van der Waals surface area contributed by atoms with Gasteiger partial charge in [0, 0.05) is 24.7 Å². The van der Waals surface area contributed by atoms with Gasteiger partial charge in [-0.1, -0.05) is 17.7 Å². The van der Waals surface area contributed by atoms with E-state index in [9.17, 15) is 13.2 Å². The minimum Gasteiger partial charge on any atom is -0.338 e. The fraction of sp³-hybridized carbons (Fsp3) is 0.562. The predicted octanol–water partition coefficient (Wildman–Crippen LogP) is 1.54. The number of nitrogens with one attached hydrogen (secondary N) is 1. The Balaban J connectivity index is 1.61. The Hall–Kier alpha value is -1.40. The van der Waals surface area contributed by atoms with E-state index in [4.69, 9.17) is 0 Å². The molecule has 0 atom stereocenters. The molecule has 1 aromatic carbocycles. The van der Waals surface area contributed by atoms with Crippen molar-refractivity contribution in [1.29, 1.82) is 0 Å². The first-order valence-electron chi connectivity index (χ1n) is 7.60. The van der Waals surface area contributed by atoms with Crippen LogP contribution in [0, 0.1) is 12.3 Å². The molecule has 1 N–H and O–H groups in total. The van der Waals surface area contributed by atoms with Gasteiger partial charge in [0.1, 0.15) is 0 Å². The molecule has 1 aliphatic carbocycles. The van der Waals surface area contributed by atoms with Crippen LogP contribution in [0.25, 0.3) is 0 Å². The smallest absolute Gasteiger partial charge is 0.253 e. The first-order chi connectivity index (χ1) is 10.3. The summed E-state index contributed by atoms with van der Waals surface area (Å²) in [5.74, 6) is 0.0834. The lowest BCUT2D eigenvalue weighted by Gasteiger charge is -2.45. The number of carbonyl (C=O) groups is 1. The number of carbonyl (C=O) groups excluding carboxylic acids is 1. The van der Waals surface area contributed by atoms with Gasteiger partial charge in [0.2, 0.25) is 10.0 Å². The Bertz CT molecular complexity index is 693. The van der Waals surface area contributed by atoms with Crippen LogP contribution in [-0.4, -0.2) is 44.6 Å². The van der Waals surface area contributed by atoms with E-state index in [1.54, 1.807) is 0 Å². The van der Waals surface area contributed by atoms with E-state index in [2.05, 4.69) is 4.72 Å². The van der Waals surface area contributed by atoms with Crippen molar-refractivity contribution in [3.63, 3.8) is 0 Å². The lowest BCUT2D eigenvalue weighted by Crippen LogP contribution is -2.51. The molecule has 1 amide bonds. The zero-order valence-corrected chi connectivity index (χ0v) is 13.8. The van der Waals surface area contributed by atoms with Gasteiger partial charge in [-0.3, -0.25) is 4.79 Å². The Labute approximate surface area is 131 Å². The van der Waals surface area contributed by atoms with Crippen LogP contribution in [0.1, 0.15) is 35.2 Å². The minimum absolute atomic E-state index is 0.0315. The monoisotopic (exact) mass is 322 g/mol. The van der Waals surface area contributed by atoms with Crippen LogP contribution in [0.4, 0.5) is 0 Å². The number of nitrogens with zero attached hydrogens (tertiary/aromatic N) is 1. The van der Waals surface area contributed by atoms with Gasteiger partial charge in [-0.15, -0.1) is 0 Å². The maximum absolute atomic E-state index is 12.6. The zero-order chi connectivity index (χ0) is 16.0. The summed E-state index contributed by atoms with van der Waals surface area (Å²) in [7, 11) is -3.14. The van der Waals surface area contributed by atoms with E-state index in [1.165, 1.54) is 6.26 Å². The molecule has 0 bridgehead atoms. The molecule has 1 aliphatic heterocycles. The van der Waals surface area contributed by atoms with Gasteiger partial charge in [0.05, 0.1) is 6.26 Å². The minimum atomic E-state index is -3.14. The molecule has 1 aromatic rings. The predicted molar refractivity (Wildman–Crippen MR) is 85.1 cm³/mol. The maximum atomic E-state index is 12.6. The van der Waals surface area contributed by atoms with Crippen molar-refractivity contribution in [2.24, 2.45) is 5.41 Å². The first kappa shape index (κ1) is 15.5. The second kappa shape index (κ2) is 5.35. The van der Waals surface area contributed by atoms with Crippen molar-refractivity contribution in [1.82, 2.24) is 9.62 Å². The van der Waals surface area contributed by atoms with Gasteiger partial charge in [-0.25, -0.2) is 13.1 Å². The third kappa shape index (κ3) is 3.17. The van der Waals surface area contributed by atoms with E-state index in [1.807, 2.05) is 36.1 Å². The molecule has 1 heterocycles. The van der Waals surface area contributed by atoms with Gasteiger partial charge < -0.3 is 4.90 Å². The number of hydrogen-bond acceptors (Lipinski definition) is 3. The molecular formula is C16H22N2O3S. The van der Waals surface area contributed by atoms with Crippen LogP contribution in [0.3, 0.4) is 0 Å². The fourth-order valence-corrected chi connectivity index (χ4v) is 4.55. The number of hydrogen-bond donors (Lipinski definition) is 1. The number of rotatable bonds is 3. The first-order valence-corrected chi connectivity index (χ1v) is 9.49. The third-order valence-electron chi connectivity index (χ3n) is 4.73. The van der Waals surface area contributed by atoms with E-state index in [0.29, 0.717) is 0 Å². The Morgan fingerprint density at radius 3 is 2.73 bits per heavy atom. The normalized spacial score (nSPS) is 27.9. The molecule has 1 saturated carbocycles. The highest BCUT2D eigenvalue weighted by Crippen LogP contribution is 2.48. The number of sulfonamides is 1. The standard InChI is InChI=1S/C16H22N2O3S/c1-12-4-3-5-13(8-12)15(19)18-7-6-16(11-18)9-14(10-16)17-22(2,20)21/h3-5,8,14,17H,6-7,9-11H2,1-2H3. The molecule has 0 aromatic heterocycles. The Morgan fingerprint density at radius 2 is 2.09 bits per heavy atom. The highest BCUT2D eigenvalue weighted by Gasteiger charge is 2.50. The highest BCUT2D eigenvalue weighted by molar-refractivity contribution is 7.88. The lowest BCUT2D eigenvalue weighted by molar-refractivity contribution is 0.0688. The largest absolute Gasteiger partial charge is 0.338 e. The summed E-state index contributed by atoms with van der Waals surface area (Å²) in [6.07, 6.45) is 3.82. The SMILES string of the molecule is Cc1cccc(C(=O)N2CCC3(CC(NS(C)(=O)=O)C3)C2)c1. The molecule has 0 unspecified atom stereocenters. The molecule has 1 saturated heterocycles. The van der Waals surface area contributed by atoms with Gasteiger partial charge >= 0.3 is 0 Å². The molecule has 5 nitrogen and oxygen atoms in total. The average molecular weight is 322 g/mol. The summed E-state index contributed by atoms with van der Waals surface area (Å²) >= 11 is 0. The lowest BCUT2D eigenvalue weighted by atomic mass is 9.65. The summed E-state index contributed by atoms with van der Waals surface area (Å²) < 4.78 is 25.2. The number of aryl methyl sites for hydroxylation is 1. The second-order valence-corrected chi connectivity index (χ2v) is 8.62. The van der Waals surface area contributed by atoms with Crippen LogP contribution in [0.2, 0.25) is 0 Å². The number of benzene rings is 1. The topological polar surface area (TPSA) is 66.5 Å². The van der Waals surface area contributed by atoms with E-state index >= 15 is 0 Å². The van der Waals surface area contributed by atoms with Gasteiger partial charge in [0.15, 0.2) is 0 Å². The van der Waals surface area contributed by atoms with Crippen molar-refractivity contribution < 1.29 is 13.2 Å². The molecule has 0 radical (unpaired) electrons. The van der Waals surface area contributed by atoms with Crippen molar-refractivity contribution in [2.45, 2.75) is 32.2 Å².